The molecule has 1 aromatic rings. The number of fused-ring (bicyclic) bond motifs is 1. The van der Waals surface area contributed by atoms with Gasteiger partial charge in [-0.15, -0.1) is 0 Å². The summed E-state index contributed by atoms with van der Waals surface area (Å²) in [6, 6.07) is 0. The van der Waals surface area contributed by atoms with Crippen LogP contribution < -0.4 is 16.4 Å². The monoisotopic (exact) mass is 181 g/mol. The third-order valence-electron chi connectivity index (χ3n) is 1.61. The highest BCUT2D eigenvalue weighted by molar-refractivity contribution is 6.19. The smallest absolute Gasteiger partial charge is 0.311 e. The standard InChI is InChI=1S/C6H3N3O4/c10-3-1-2(4(11)9-3)8-6(13)5(12)7-1/h(H,7,12)(H,8,13)(H,9,10,11). The van der Waals surface area contributed by atoms with Crippen LogP contribution in [0.5, 0.6) is 0 Å². The van der Waals surface area contributed by atoms with E-state index < -0.39 is 22.9 Å². The highest BCUT2D eigenvalue weighted by atomic mass is 16.2. The highest BCUT2D eigenvalue weighted by Crippen LogP contribution is 2.04. The number of rotatable bonds is 0. The fourth-order valence-electron chi connectivity index (χ4n) is 1.03. The molecule has 1 aliphatic heterocycles. The van der Waals surface area contributed by atoms with Crippen LogP contribution in [-0.4, -0.2) is 21.8 Å². The van der Waals surface area contributed by atoms with Gasteiger partial charge in [0.2, 0.25) is 0 Å². The molecule has 13 heavy (non-hydrogen) atoms. The number of carbonyl (C=O) groups is 2. The lowest BCUT2D eigenvalue weighted by Gasteiger charge is -1.90. The summed E-state index contributed by atoms with van der Waals surface area (Å²) in [6.07, 6.45) is 0. The minimum Gasteiger partial charge on any atom is -0.311 e. The van der Waals surface area contributed by atoms with E-state index in [2.05, 4.69) is 0 Å². The van der Waals surface area contributed by atoms with Crippen LogP contribution in [0.4, 0.5) is 0 Å². The number of imide groups is 1. The predicted octanol–water partition coefficient (Wildman–Crippen LogP) is -2.05. The van der Waals surface area contributed by atoms with Crippen LogP contribution in [0.15, 0.2) is 9.59 Å². The Morgan fingerprint density at radius 3 is 1.46 bits per heavy atom. The molecule has 1 aliphatic rings. The van der Waals surface area contributed by atoms with Gasteiger partial charge in [-0.2, -0.15) is 0 Å². The van der Waals surface area contributed by atoms with Gasteiger partial charge in [0, 0.05) is 0 Å². The highest BCUT2D eigenvalue weighted by Gasteiger charge is 2.29. The van der Waals surface area contributed by atoms with E-state index in [9.17, 15) is 19.2 Å². The fourth-order valence-corrected chi connectivity index (χ4v) is 1.03. The Balaban J connectivity index is 2.87. The molecule has 0 radical (unpaired) electrons. The van der Waals surface area contributed by atoms with E-state index in [0.29, 0.717) is 0 Å². The van der Waals surface area contributed by atoms with Crippen molar-refractivity contribution in [3.63, 3.8) is 0 Å². The zero-order valence-corrected chi connectivity index (χ0v) is 6.13. The Hall–Kier alpha value is -2.18. The summed E-state index contributed by atoms with van der Waals surface area (Å²) >= 11 is 0. The second kappa shape index (κ2) is 2.16. The van der Waals surface area contributed by atoms with Gasteiger partial charge in [0.1, 0.15) is 11.4 Å². The molecular weight excluding hydrogens is 178 g/mol. The summed E-state index contributed by atoms with van der Waals surface area (Å²) in [7, 11) is 0. The molecule has 0 spiro atoms. The van der Waals surface area contributed by atoms with Gasteiger partial charge in [0.05, 0.1) is 0 Å². The number of aromatic nitrogens is 2. The van der Waals surface area contributed by atoms with Crippen LogP contribution >= 0.6 is 0 Å². The number of aromatic amines is 2. The van der Waals surface area contributed by atoms with Crippen LogP contribution in [0.25, 0.3) is 0 Å². The van der Waals surface area contributed by atoms with Gasteiger partial charge < -0.3 is 9.97 Å². The second-order valence-corrected chi connectivity index (χ2v) is 2.44. The van der Waals surface area contributed by atoms with Crippen LogP contribution in [0.2, 0.25) is 0 Å². The second-order valence-electron chi connectivity index (χ2n) is 2.44. The third kappa shape index (κ3) is 0.901. The predicted molar refractivity (Wildman–Crippen MR) is 39.5 cm³/mol. The molecule has 7 nitrogen and oxygen atoms in total. The quantitative estimate of drug-likeness (QED) is 0.315. The first-order valence-electron chi connectivity index (χ1n) is 3.32. The normalized spacial score (nSPS) is 14.2. The van der Waals surface area contributed by atoms with E-state index in [0.717, 1.165) is 0 Å². The SMILES string of the molecule is O=C1NC(=O)c2[nH]c(=O)c(=O)[nH]c21. The van der Waals surface area contributed by atoms with E-state index in [1.54, 1.807) is 0 Å². The van der Waals surface area contributed by atoms with E-state index >= 15 is 0 Å². The minimum absolute atomic E-state index is 0.199. The van der Waals surface area contributed by atoms with Gasteiger partial charge in [0.25, 0.3) is 11.8 Å². The van der Waals surface area contributed by atoms with Crippen molar-refractivity contribution < 1.29 is 9.59 Å². The number of carbonyl (C=O) groups excluding carboxylic acids is 2. The molecule has 0 aromatic carbocycles. The van der Waals surface area contributed by atoms with Gasteiger partial charge in [-0.05, 0) is 0 Å². The van der Waals surface area contributed by atoms with Crippen LogP contribution in [0.1, 0.15) is 21.0 Å². The zero-order valence-electron chi connectivity index (χ0n) is 6.13. The Labute approximate surface area is 69.8 Å². The molecule has 66 valence electrons. The molecule has 7 heteroatoms. The molecule has 2 heterocycles. The Bertz CT molecular complexity index is 476. The molecular formula is C6H3N3O4. The van der Waals surface area contributed by atoms with E-state index in [-0.39, 0.29) is 11.4 Å². The Kier molecular flexibility index (Phi) is 1.24. The van der Waals surface area contributed by atoms with E-state index in [4.69, 9.17) is 0 Å². The number of hydrogen-bond donors (Lipinski definition) is 3. The van der Waals surface area contributed by atoms with Crippen LogP contribution in [0, 0.1) is 0 Å². The van der Waals surface area contributed by atoms with E-state index in [1.807, 2.05) is 15.3 Å². The molecule has 0 fully saturated rings. The first kappa shape index (κ1) is 7.47. The maximum Gasteiger partial charge on any atom is 0.314 e. The number of amides is 2. The van der Waals surface area contributed by atoms with Gasteiger partial charge in [0.15, 0.2) is 0 Å². The first-order valence-corrected chi connectivity index (χ1v) is 3.32. The minimum atomic E-state index is -0.955. The molecule has 0 bridgehead atoms. The lowest BCUT2D eigenvalue weighted by molar-refractivity contribution is 0.0876. The van der Waals surface area contributed by atoms with Crippen LogP contribution in [0.3, 0.4) is 0 Å². The van der Waals surface area contributed by atoms with Crippen molar-refractivity contribution in [1.29, 1.82) is 0 Å². The average Bonchev–Trinajstić information content (AvgIpc) is 2.31. The molecule has 3 N–H and O–H groups in total. The molecule has 0 atom stereocenters. The molecule has 0 saturated carbocycles. The van der Waals surface area contributed by atoms with Crippen molar-refractivity contribution in [2.75, 3.05) is 0 Å². The maximum atomic E-state index is 10.9. The summed E-state index contributed by atoms with van der Waals surface area (Å²) in [6.45, 7) is 0. The van der Waals surface area contributed by atoms with Gasteiger partial charge in [-0.3, -0.25) is 24.5 Å². The maximum absolute atomic E-state index is 10.9. The summed E-state index contributed by atoms with van der Waals surface area (Å²) < 4.78 is 0. The van der Waals surface area contributed by atoms with Crippen molar-refractivity contribution in [3.05, 3.63) is 32.1 Å². The van der Waals surface area contributed by atoms with Crippen molar-refractivity contribution in [2.24, 2.45) is 0 Å². The number of H-pyrrole nitrogens is 2. The molecule has 0 saturated heterocycles. The van der Waals surface area contributed by atoms with Gasteiger partial charge >= 0.3 is 11.1 Å². The lowest BCUT2D eigenvalue weighted by Crippen LogP contribution is -2.32. The lowest BCUT2D eigenvalue weighted by atomic mass is 10.3. The fraction of sp³-hybridized carbons (Fsp3) is 0. The van der Waals surface area contributed by atoms with Crippen LogP contribution in [-0.2, 0) is 0 Å². The summed E-state index contributed by atoms with van der Waals surface area (Å²) in [5.41, 5.74) is -2.31. The molecule has 2 rings (SSSR count). The summed E-state index contributed by atoms with van der Waals surface area (Å²) in [5, 5.41) is 1.92. The Morgan fingerprint density at radius 2 is 1.08 bits per heavy atom. The summed E-state index contributed by atoms with van der Waals surface area (Å²) in [5.74, 6) is -1.43. The molecule has 0 unspecified atom stereocenters. The number of nitrogens with one attached hydrogen (secondary N) is 3. The average molecular weight is 181 g/mol. The number of hydrogen-bond acceptors (Lipinski definition) is 4. The zero-order chi connectivity index (χ0) is 9.59. The topological polar surface area (TPSA) is 112 Å². The molecule has 2 amide bonds. The molecule has 1 aromatic heterocycles. The van der Waals surface area contributed by atoms with Crippen molar-refractivity contribution in [1.82, 2.24) is 15.3 Å². The Morgan fingerprint density at radius 1 is 0.692 bits per heavy atom. The van der Waals surface area contributed by atoms with Crippen molar-refractivity contribution in [2.45, 2.75) is 0 Å². The molecule has 0 aliphatic carbocycles. The summed E-state index contributed by atoms with van der Waals surface area (Å²) in [4.78, 5) is 47.3. The van der Waals surface area contributed by atoms with Gasteiger partial charge in [-0.1, -0.05) is 0 Å². The first-order chi connectivity index (χ1) is 6.09. The van der Waals surface area contributed by atoms with Crippen molar-refractivity contribution >= 4 is 11.8 Å². The largest absolute Gasteiger partial charge is 0.314 e. The van der Waals surface area contributed by atoms with Gasteiger partial charge in [-0.25, -0.2) is 0 Å². The van der Waals surface area contributed by atoms with Crippen molar-refractivity contribution in [3.8, 4) is 0 Å². The van der Waals surface area contributed by atoms with E-state index in [1.165, 1.54) is 0 Å². The third-order valence-corrected chi connectivity index (χ3v) is 1.61.